The van der Waals surface area contributed by atoms with Gasteiger partial charge in [-0.2, -0.15) is 5.10 Å². The van der Waals surface area contributed by atoms with E-state index in [2.05, 4.69) is 20.5 Å². The summed E-state index contributed by atoms with van der Waals surface area (Å²) in [6, 6.07) is 7.94. The molecule has 1 aromatic carbocycles. The second-order valence-electron chi connectivity index (χ2n) is 5.44. The van der Waals surface area contributed by atoms with E-state index in [9.17, 15) is 14.9 Å². The first kappa shape index (κ1) is 16.9. The van der Waals surface area contributed by atoms with Crippen LogP contribution in [0.25, 0.3) is 11.0 Å². The van der Waals surface area contributed by atoms with Crippen LogP contribution in [0, 0.1) is 17.0 Å². The van der Waals surface area contributed by atoms with Gasteiger partial charge in [0.25, 0.3) is 5.69 Å². The number of rotatable bonds is 5. The molecule has 2 N–H and O–H groups in total. The number of aromatic nitrogens is 3. The van der Waals surface area contributed by atoms with Crippen LogP contribution in [-0.2, 0) is 4.79 Å². The summed E-state index contributed by atoms with van der Waals surface area (Å²) in [5.41, 5.74) is 2.10. The Morgan fingerprint density at radius 2 is 2.08 bits per heavy atom. The zero-order valence-corrected chi connectivity index (χ0v) is 14.3. The van der Waals surface area contributed by atoms with Crippen molar-refractivity contribution in [3.8, 4) is 0 Å². The quantitative estimate of drug-likeness (QED) is 0.411. The molecule has 0 radical (unpaired) electrons. The molecule has 0 aliphatic heterocycles. The minimum Gasteiger partial charge on any atom is -0.324 e. The molecule has 25 heavy (non-hydrogen) atoms. The van der Waals surface area contributed by atoms with Gasteiger partial charge in [0.1, 0.15) is 0 Å². The highest BCUT2D eigenvalue weighted by atomic mass is 32.2. The van der Waals surface area contributed by atoms with Crippen molar-refractivity contribution in [1.82, 2.24) is 15.2 Å². The van der Waals surface area contributed by atoms with Crippen molar-refractivity contribution < 1.29 is 9.72 Å². The van der Waals surface area contributed by atoms with Crippen LogP contribution in [0.3, 0.4) is 0 Å². The summed E-state index contributed by atoms with van der Waals surface area (Å²) in [6.07, 6.45) is 1.56. The zero-order valence-electron chi connectivity index (χ0n) is 13.5. The molecule has 8 nitrogen and oxygen atoms in total. The lowest BCUT2D eigenvalue weighted by molar-refractivity contribution is -0.384. The van der Waals surface area contributed by atoms with Crippen LogP contribution in [0.15, 0.2) is 41.4 Å². The van der Waals surface area contributed by atoms with Gasteiger partial charge in [-0.1, -0.05) is 0 Å². The van der Waals surface area contributed by atoms with Crippen molar-refractivity contribution in [2.45, 2.75) is 24.0 Å². The summed E-state index contributed by atoms with van der Waals surface area (Å²) in [5.74, 6) is -0.175. The average molecular weight is 357 g/mol. The number of nitrogens with one attached hydrogen (secondary N) is 2. The highest BCUT2D eigenvalue weighted by Crippen LogP contribution is 2.26. The number of nitro groups is 1. The Morgan fingerprint density at radius 3 is 2.76 bits per heavy atom. The van der Waals surface area contributed by atoms with Gasteiger partial charge in [-0.15, -0.1) is 11.8 Å². The first-order valence-electron chi connectivity index (χ1n) is 7.47. The van der Waals surface area contributed by atoms with Gasteiger partial charge < -0.3 is 5.32 Å². The third-order valence-corrected chi connectivity index (χ3v) is 4.71. The van der Waals surface area contributed by atoms with Crippen molar-refractivity contribution in [2.24, 2.45) is 0 Å². The Balaban J connectivity index is 1.66. The largest absolute Gasteiger partial charge is 0.324 e. The number of H-pyrrole nitrogens is 1. The van der Waals surface area contributed by atoms with E-state index in [1.165, 1.54) is 23.9 Å². The lowest BCUT2D eigenvalue weighted by atomic mass is 10.2. The van der Waals surface area contributed by atoms with Crippen LogP contribution in [0.4, 0.5) is 11.4 Å². The number of benzene rings is 1. The Labute approximate surface area is 147 Å². The van der Waals surface area contributed by atoms with E-state index < -0.39 is 4.92 Å². The number of hydrogen-bond acceptors (Lipinski definition) is 6. The van der Waals surface area contributed by atoms with Gasteiger partial charge in [0.15, 0.2) is 5.65 Å². The number of pyridine rings is 1. The van der Waals surface area contributed by atoms with E-state index in [-0.39, 0.29) is 16.8 Å². The topological polar surface area (TPSA) is 114 Å². The first-order chi connectivity index (χ1) is 11.9. The molecule has 3 rings (SSSR count). The molecule has 0 fully saturated rings. The number of hydrogen-bond donors (Lipinski definition) is 2. The lowest BCUT2D eigenvalue weighted by Crippen LogP contribution is -2.22. The smallest absolute Gasteiger partial charge is 0.269 e. The molecule has 9 heteroatoms. The Hall–Kier alpha value is -2.94. The minimum absolute atomic E-state index is 0.0244. The van der Waals surface area contributed by atoms with Crippen LogP contribution in [-0.4, -0.2) is 31.3 Å². The maximum atomic E-state index is 12.4. The molecule has 0 saturated carbocycles. The normalized spacial score (nSPS) is 12.1. The summed E-state index contributed by atoms with van der Waals surface area (Å²) < 4.78 is 0. The monoisotopic (exact) mass is 357 g/mol. The van der Waals surface area contributed by atoms with Gasteiger partial charge in [0, 0.05) is 28.1 Å². The van der Waals surface area contributed by atoms with Gasteiger partial charge in [-0.3, -0.25) is 20.0 Å². The summed E-state index contributed by atoms with van der Waals surface area (Å²) in [4.78, 5) is 27.6. The molecule has 1 unspecified atom stereocenters. The molecule has 0 spiro atoms. The third kappa shape index (κ3) is 3.77. The molecule has 1 atom stereocenters. The SMILES string of the molecule is Cc1[nH]nc2ncc(NC(=O)C(C)Sc3ccc([N+](=O)[O-])cc3)cc12. The van der Waals surface area contributed by atoms with E-state index in [1.807, 2.05) is 13.0 Å². The number of carbonyl (C=O) groups is 1. The number of nitro benzene ring substituents is 1. The number of anilines is 1. The summed E-state index contributed by atoms with van der Waals surface area (Å²) >= 11 is 1.33. The van der Waals surface area contributed by atoms with E-state index in [0.717, 1.165) is 16.0 Å². The minimum atomic E-state index is -0.453. The molecule has 0 bridgehead atoms. The molecule has 128 valence electrons. The Morgan fingerprint density at radius 1 is 1.36 bits per heavy atom. The van der Waals surface area contributed by atoms with E-state index in [1.54, 1.807) is 25.3 Å². The number of thioether (sulfide) groups is 1. The number of amides is 1. The van der Waals surface area contributed by atoms with Crippen molar-refractivity contribution >= 4 is 40.1 Å². The van der Waals surface area contributed by atoms with Gasteiger partial charge >= 0.3 is 0 Å². The Kier molecular flexibility index (Phi) is 4.66. The molecule has 0 aliphatic rings. The molecule has 1 amide bonds. The zero-order chi connectivity index (χ0) is 18.0. The molecule has 0 saturated heterocycles. The van der Waals surface area contributed by atoms with Crippen LogP contribution in [0.2, 0.25) is 0 Å². The highest BCUT2D eigenvalue weighted by Gasteiger charge is 2.16. The number of aryl methyl sites for hydroxylation is 1. The molecular weight excluding hydrogens is 342 g/mol. The second-order valence-corrected chi connectivity index (χ2v) is 6.86. The third-order valence-electron chi connectivity index (χ3n) is 3.60. The van der Waals surface area contributed by atoms with Crippen LogP contribution < -0.4 is 5.32 Å². The molecule has 2 heterocycles. The van der Waals surface area contributed by atoms with E-state index in [4.69, 9.17) is 0 Å². The van der Waals surface area contributed by atoms with Crippen molar-refractivity contribution in [2.75, 3.05) is 5.32 Å². The van der Waals surface area contributed by atoms with Crippen molar-refractivity contribution in [3.05, 3.63) is 52.3 Å². The van der Waals surface area contributed by atoms with Gasteiger partial charge in [0.05, 0.1) is 22.1 Å². The van der Waals surface area contributed by atoms with Crippen molar-refractivity contribution in [1.29, 1.82) is 0 Å². The molecule has 2 aromatic heterocycles. The van der Waals surface area contributed by atoms with Crippen molar-refractivity contribution in [3.63, 3.8) is 0 Å². The fourth-order valence-electron chi connectivity index (χ4n) is 2.24. The molecule has 3 aromatic rings. The number of non-ortho nitro benzene ring substituents is 1. The highest BCUT2D eigenvalue weighted by molar-refractivity contribution is 8.00. The second kappa shape index (κ2) is 6.89. The maximum Gasteiger partial charge on any atom is 0.269 e. The predicted octanol–water partition coefficient (Wildman–Crippen LogP) is 3.29. The van der Waals surface area contributed by atoms with Crippen LogP contribution >= 0.6 is 11.8 Å². The standard InChI is InChI=1S/C16H15N5O3S/c1-9-14-7-11(8-17-15(14)20-19-9)18-16(22)10(2)25-13-5-3-12(4-6-13)21(23)24/h3-8,10H,1-2H3,(H,18,22)(H,17,19,20). The van der Waals surface area contributed by atoms with Gasteiger partial charge in [-0.05, 0) is 32.0 Å². The van der Waals surface area contributed by atoms with Crippen LogP contribution in [0.5, 0.6) is 0 Å². The molecule has 0 aliphatic carbocycles. The van der Waals surface area contributed by atoms with E-state index >= 15 is 0 Å². The number of fused-ring (bicyclic) bond motifs is 1. The fourth-order valence-corrected chi connectivity index (χ4v) is 3.10. The average Bonchev–Trinajstić information content (AvgIpc) is 2.96. The summed E-state index contributed by atoms with van der Waals surface area (Å²) in [7, 11) is 0. The van der Waals surface area contributed by atoms with Crippen LogP contribution in [0.1, 0.15) is 12.6 Å². The number of aromatic amines is 1. The number of carbonyl (C=O) groups excluding carboxylic acids is 1. The predicted molar refractivity (Wildman–Crippen MR) is 95.7 cm³/mol. The molecular formula is C16H15N5O3S. The summed E-state index contributed by atoms with van der Waals surface area (Å²) in [5, 5.41) is 20.9. The maximum absolute atomic E-state index is 12.4. The lowest BCUT2D eigenvalue weighted by Gasteiger charge is -2.12. The number of nitrogens with zero attached hydrogens (tertiary/aromatic N) is 3. The Bertz CT molecular complexity index is 939. The van der Waals surface area contributed by atoms with E-state index in [0.29, 0.717) is 11.3 Å². The van der Waals surface area contributed by atoms with Gasteiger partial charge in [0.2, 0.25) is 5.91 Å². The summed E-state index contributed by atoms with van der Waals surface area (Å²) in [6.45, 7) is 3.66. The first-order valence-corrected chi connectivity index (χ1v) is 8.34. The van der Waals surface area contributed by atoms with Gasteiger partial charge in [-0.25, -0.2) is 4.98 Å². The fraction of sp³-hybridized carbons (Fsp3) is 0.188.